The van der Waals surface area contributed by atoms with Crippen LogP contribution >= 0.6 is 11.8 Å². The van der Waals surface area contributed by atoms with Gasteiger partial charge in [-0.1, -0.05) is 6.92 Å². The molecule has 1 aliphatic rings. The molecule has 0 aliphatic carbocycles. The van der Waals surface area contributed by atoms with E-state index in [0.717, 1.165) is 19.0 Å². The van der Waals surface area contributed by atoms with Crippen LogP contribution < -0.4 is 5.32 Å². The van der Waals surface area contributed by atoms with E-state index in [9.17, 15) is 0 Å². The van der Waals surface area contributed by atoms with Gasteiger partial charge in [0.15, 0.2) is 0 Å². The molecule has 0 aromatic rings. The Bertz CT molecular complexity index is 169. The van der Waals surface area contributed by atoms with Gasteiger partial charge in [0.1, 0.15) is 0 Å². The van der Waals surface area contributed by atoms with E-state index in [2.05, 4.69) is 42.9 Å². The van der Waals surface area contributed by atoms with Crippen LogP contribution in [0.25, 0.3) is 0 Å². The highest BCUT2D eigenvalue weighted by Crippen LogP contribution is 2.24. The predicted octanol–water partition coefficient (Wildman–Crippen LogP) is 2.45. The number of nitrogens with zero attached hydrogens (tertiary/aromatic N) is 1. The first-order chi connectivity index (χ1) is 7.72. The van der Waals surface area contributed by atoms with Crippen molar-refractivity contribution in [2.24, 2.45) is 5.92 Å². The molecule has 1 fully saturated rings. The minimum Gasteiger partial charge on any atom is -0.313 e. The van der Waals surface area contributed by atoms with Crippen molar-refractivity contribution in [3.63, 3.8) is 0 Å². The summed E-state index contributed by atoms with van der Waals surface area (Å²) in [6.45, 7) is 8.02. The number of rotatable bonds is 7. The molecule has 96 valence electrons. The third-order valence-electron chi connectivity index (χ3n) is 3.51. The third kappa shape index (κ3) is 6.12. The Morgan fingerprint density at radius 3 is 2.69 bits per heavy atom. The van der Waals surface area contributed by atoms with E-state index >= 15 is 0 Å². The molecule has 1 aliphatic heterocycles. The molecule has 1 N–H and O–H groups in total. The van der Waals surface area contributed by atoms with Crippen LogP contribution in [0.2, 0.25) is 0 Å². The van der Waals surface area contributed by atoms with Gasteiger partial charge in [-0.25, -0.2) is 0 Å². The fraction of sp³-hybridized carbons (Fsp3) is 1.00. The number of hydrogen-bond acceptors (Lipinski definition) is 3. The van der Waals surface area contributed by atoms with Gasteiger partial charge in [-0.05, 0) is 63.7 Å². The summed E-state index contributed by atoms with van der Waals surface area (Å²) >= 11 is 2.12. The first-order valence-electron chi connectivity index (χ1n) is 6.72. The van der Waals surface area contributed by atoms with Crippen LogP contribution in [0.15, 0.2) is 0 Å². The molecular formula is C13H28N2S. The summed E-state index contributed by atoms with van der Waals surface area (Å²) in [6, 6.07) is 0.628. The molecule has 0 spiro atoms. The van der Waals surface area contributed by atoms with Gasteiger partial charge in [0.25, 0.3) is 0 Å². The van der Waals surface area contributed by atoms with Crippen LogP contribution in [-0.2, 0) is 0 Å². The maximum Gasteiger partial charge on any atom is 0.0166 e. The summed E-state index contributed by atoms with van der Waals surface area (Å²) in [5, 5.41) is 3.65. The van der Waals surface area contributed by atoms with Crippen molar-refractivity contribution in [3.05, 3.63) is 0 Å². The van der Waals surface area contributed by atoms with E-state index in [1.54, 1.807) is 0 Å². The zero-order chi connectivity index (χ0) is 11.8. The van der Waals surface area contributed by atoms with E-state index in [0.29, 0.717) is 6.04 Å². The van der Waals surface area contributed by atoms with E-state index < -0.39 is 0 Å². The average molecular weight is 244 g/mol. The molecule has 0 aromatic carbocycles. The molecule has 1 heterocycles. The van der Waals surface area contributed by atoms with E-state index in [4.69, 9.17) is 0 Å². The standard InChI is InChI=1S/C13H28N2S/c1-4-15(3)11-12(2)14-8-5-13-6-9-16-10-7-13/h12-14H,4-11H2,1-3H3. The molecule has 1 saturated heterocycles. The third-order valence-corrected chi connectivity index (χ3v) is 4.56. The smallest absolute Gasteiger partial charge is 0.0166 e. The monoisotopic (exact) mass is 244 g/mol. The lowest BCUT2D eigenvalue weighted by Gasteiger charge is -2.24. The molecular weight excluding hydrogens is 216 g/mol. The van der Waals surface area contributed by atoms with Crippen molar-refractivity contribution in [3.8, 4) is 0 Å². The Balaban J connectivity index is 2.00. The molecule has 0 bridgehead atoms. The fourth-order valence-corrected chi connectivity index (χ4v) is 3.43. The molecule has 0 aromatic heterocycles. The molecule has 0 radical (unpaired) electrons. The summed E-state index contributed by atoms with van der Waals surface area (Å²) in [6.07, 6.45) is 4.26. The zero-order valence-electron chi connectivity index (χ0n) is 11.2. The SMILES string of the molecule is CCN(C)CC(C)NCCC1CCSCC1. The van der Waals surface area contributed by atoms with Crippen LogP contribution in [0.5, 0.6) is 0 Å². The highest BCUT2D eigenvalue weighted by Gasteiger charge is 2.13. The maximum absolute atomic E-state index is 3.65. The molecule has 1 atom stereocenters. The summed E-state index contributed by atoms with van der Waals surface area (Å²) in [4.78, 5) is 2.37. The minimum atomic E-state index is 0.628. The number of thioether (sulfide) groups is 1. The molecule has 0 amide bonds. The number of hydrogen-bond donors (Lipinski definition) is 1. The zero-order valence-corrected chi connectivity index (χ0v) is 12.0. The summed E-state index contributed by atoms with van der Waals surface area (Å²) in [5.74, 6) is 3.77. The molecule has 1 rings (SSSR count). The van der Waals surface area contributed by atoms with Crippen LogP contribution in [0.3, 0.4) is 0 Å². The molecule has 3 heteroatoms. The van der Waals surface area contributed by atoms with Crippen molar-refractivity contribution < 1.29 is 0 Å². The lowest BCUT2D eigenvalue weighted by molar-refractivity contribution is 0.304. The van der Waals surface area contributed by atoms with Gasteiger partial charge < -0.3 is 10.2 Å². The number of nitrogens with one attached hydrogen (secondary N) is 1. The minimum absolute atomic E-state index is 0.628. The maximum atomic E-state index is 3.65. The second-order valence-corrected chi connectivity index (χ2v) is 6.28. The first kappa shape index (κ1) is 14.3. The Hall–Kier alpha value is 0.270. The molecule has 16 heavy (non-hydrogen) atoms. The fourth-order valence-electron chi connectivity index (χ4n) is 2.23. The van der Waals surface area contributed by atoms with Crippen molar-refractivity contribution in [2.45, 2.75) is 39.2 Å². The van der Waals surface area contributed by atoms with Gasteiger partial charge in [0, 0.05) is 12.6 Å². The van der Waals surface area contributed by atoms with Crippen molar-refractivity contribution >= 4 is 11.8 Å². The Kier molecular flexibility index (Phi) is 7.50. The Morgan fingerprint density at radius 2 is 2.06 bits per heavy atom. The van der Waals surface area contributed by atoms with Crippen LogP contribution in [0.4, 0.5) is 0 Å². The molecule has 2 nitrogen and oxygen atoms in total. The van der Waals surface area contributed by atoms with Gasteiger partial charge in [-0.3, -0.25) is 0 Å². The number of likely N-dealkylation sites (N-methyl/N-ethyl adjacent to an activating group) is 1. The van der Waals surface area contributed by atoms with E-state index in [1.165, 1.54) is 37.3 Å². The van der Waals surface area contributed by atoms with Crippen molar-refractivity contribution in [2.75, 3.05) is 38.2 Å². The van der Waals surface area contributed by atoms with Crippen LogP contribution in [-0.4, -0.2) is 49.1 Å². The van der Waals surface area contributed by atoms with Gasteiger partial charge in [-0.15, -0.1) is 0 Å². The van der Waals surface area contributed by atoms with Crippen molar-refractivity contribution in [1.29, 1.82) is 0 Å². The summed E-state index contributed by atoms with van der Waals surface area (Å²) in [5.41, 5.74) is 0. The van der Waals surface area contributed by atoms with Crippen LogP contribution in [0.1, 0.15) is 33.1 Å². The summed E-state index contributed by atoms with van der Waals surface area (Å²) in [7, 11) is 2.19. The second kappa shape index (κ2) is 8.37. The van der Waals surface area contributed by atoms with Crippen LogP contribution in [0, 0.1) is 5.92 Å². The van der Waals surface area contributed by atoms with E-state index in [1.807, 2.05) is 0 Å². The lowest BCUT2D eigenvalue weighted by Crippen LogP contribution is -2.38. The highest BCUT2D eigenvalue weighted by molar-refractivity contribution is 7.99. The van der Waals surface area contributed by atoms with Gasteiger partial charge >= 0.3 is 0 Å². The topological polar surface area (TPSA) is 15.3 Å². The first-order valence-corrected chi connectivity index (χ1v) is 7.87. The Labute approximate surface area is 106 Å². The predicted molar refractivity (Wildman–Crippen MR) is 75.3 cm³/mol. The Morgan fingerprint density at radius 1 is 1.38 bits per heavy atom. The van der Waals surface area contributed by atoms with Gasteiger partial charge in [-0.2, -0.15) is 11.8 Å². The average Bonchev–Trinajstić information content (AvgIpc) is 2.30. The summed E-state index contributed by atoms with van der Waals surface area (Å²) < 4.78 is 0. The highest BCUT2D eigenvalue weighted by atomic mass is 32.2. The largest absolute Gasteiger partial charge is 0.313 e. The molecule has 1 unspecified atom stereocenters. The lowest BCUT2D eigenvalue weighted by atomic mass is 9.99. The van der Waals surface area contributed by atoms with E-state index in [-0.39, 0.29) is 0 Å². The van der Waals surface area contributed by atoms with Gasteiger partial charge in [0.05, 0.1) is 0 Å². The normalized spacial score (nSPS) is 20.2. The molecule has 0 saturated carbocycles. The second-order valence-electron chi connectivity index (χ2n) is 5.05. The van der Waals surface area contributed by atoms with Gasteiger partial charge in [0.2, 0.25) is 0 Å². The quantitative estimate of drug-likeness (QED) is 0.740. The van der Waals surface area contributed by atoms with Crippen molar-refractivity contribution in [1.82, 2.24) is 10.2 Å².